The summed E-state index contributed by atoms with van der Waals surface area (Å²) in [6.45, 7) is 4.85. The van der Waals surface area contributed by atoms with Gasteiger partial charge < -0.3 is 15.4 Å². The molecule has 2 fully saturated rings. The first-order valence-corrected chi connectivity index (χ1v) is 10.1. The van der Waals surface area contributed by atoms with Gasteiger partial charge in [0.15, 0.2) is 5.96 Å². The summed E-state index contributed by atoms with van der Waals surface area (Å²) in [5.74, 6) is 3.24. The first kappa shape index (κ1) is 20.7. The average molecular weight is 475 g/mol. The monoisotopic (exact) mass is 475 g/mol. The second kappa shape index (κ2) is 9.90. The molecule has 2 N–H and O–H groups in total. The number of nitrogens with one attached hydrogen (secondary N) is 2. The van der Waals surface area contributed by atoms with Crippen molar-refractivity contribution < 1.29 is 4.74 Å². The molecule has 140 valence electrons. The van der Waals surface area contributed by atoms with E-state index in [4.69, 9.17) is 9.73 Å². The number of hydrogen-bond acceptors (Lipinski definition) is 3. The van der Waals surface area contributed by atoms with Gasteiger partial charge in [0, 0.05) is 29.3 Å². The Morgan fingerprint density at radius 1 is 1.32 bits per heavy atom. The molecule has 0 aromatic heterocycles. The number of hydrogen-bond donors (Lipinski definition) is 2. The van der Waals surface area contributed by atoms with Crippen molar-refractivity contribution in [3.63, 3.8) is 0 Å². The normalized spacial score (nSPS) is 21.4. The predicted octanol–water partition coefficient (Wildman–Crippen LogP) is 3.80. The molecule has 1 aromatic rings. The lowest BCUT2D eigenvalue weighted by molar-refractivity contribution is 0.404. The van der Waals surface area contributed by atoms with Gasteiger partial charge in [0.25, 0.3) is 0 Å². The van der Waals surface area contributed by atoms with Crippen molar-refractivity contribution in [2.45, 2.75) is 43.3 Å². The maximum Gasteiger partial charge on any atom is 0.191 e. The van der Waals surface area contributed by atoms with Gasteiger partial charge >= 0.3 is 0 Å². The molecular formula is C19H30IN3OS. The van der Waals surface area contributed by atoms with Crippen LogP contribution in [0, 0.1) is 0 Å². The molecule has 4 nitrogen and oxygen atoms in total. The highest BCUT2D eigenvalue weighted by molar-refractivity contribution is 14.0. The largest absolute Gasteiger partial charge is 0.496 e. The zero-order valence-corrected chi connectivity index (χ0v) is 18.4. The molecular weight excluding hydrogens is 445 g/mol. The lowest BCUT2D eigenvalue weighted by Crippen LogP contribution is -2.40. The van der Waals surface area contributed by atoms with Crippen LogP contribution < -0.4 is 15.4 Å². The number of para-hydroxylation sites is 1. The summed E-state index contributed by atoms with van der Waals surface area (Å²) in [7, 11) is 1.75. The topological polar surface area (TPSA) is 45.7 Å². The van der Waals surface area contributed by atoms with Crippen molar-refractivity contribution in [3.05, 3.63) is 29.8 Å². The van der Waals surface area contributed by atoms with E-state index in [9.17, 15) is 0 Å². The standard InChI is InChI=1S/C19H29N3OS.HI/c1-3-20-18(21-13-15-7-6-12-24-15)22-14-19(10-11-19)16-8-4-5-9-17(16)23-2;/h4-5,8-9,15H,3,6-7,10-14H2,1-2H3,(H2,20,21,22);1H. The highest BCUT2D eigenvalue weighted by atomic mass is 127. The molecule has 1 aromatic carbocycles. The van der Waals surface area contributed by atoms with Crippen LogP contribution in [0.3, 0.4) is 0 Å². The van der Waals surface area contributed by atoms with Crippen molar-refractivity contribution in [2.24, 2.45) is 4.99 Å². The molecule has 0 bridgehead atoms. The predicted molar refractivity (Wildman–Crippen MR) is 119 cm³/mol. The van der Waals surface area contributed by atoms with Gasteiger partial charge in [-0.2, -0.15) is 11.8 Å². The molecule has 3 rings (SSSR count). The van der Waals surface area contributed by atoms with Crippen LogP contribution in [0.1, 0.15) is 38.2 Å². The van der Waals surface area contributed by atoms with E-state index >= 15 is 0 Å². The summed E-state index contributed by atoms with van der Waals surface area (Å²) < 4.78 is 5.56. The Hall–Kier alpha value is -0.630. The van der Waals surface area contributed by atoms with Gasteiger partial charge in [-0.3, -0.25) is 4.99 Å². The Balaban J connectivity index is 0.00000225. The van der Waals surface area contributed by atoms with Gasteiger partial charge in [-0.25, -0.2) is 0 Å². The van der Waals surface area contributed by atoms with Gasteiger partial charge in [0.1, 0.15) is 5.75 Å². The minimum atomic E-state index is 0. The van der Waals surface area contributed by atoms with Crippen LogP contribution in [-0.2, 0) is 5.41 Å². The second-order valence-electron chi connectivity index (χ2n) is 6.69. The zero-order chi connectivity index (χ0) is 16.8. The van der Waals surface area contributed by atoms with Gasteiger partial charge in [-0.1, -0.05) is 18.2 Å². The Kier molecular flexibility index (Phi) is 8.19. The molecule has 0 radical (unpaired) electrons. The summed E-state index contributed by atoms with van der Waals surface area (Å²) in [5.41, 5.74) is 1.47. The first-order chi connectivity index (χ1) is 11.8. The smallest absolute Gasteiger partial charge is 0.191 e. The Morgan fingerprint density at radius 3 is 2.76 bits per heavy atom. The molecule has 1 heterocycles. The molecule has 2 aliphatic rings. The van der Waals surface area contributed by atoms with Crippen molar-refractivity contribution in [1.29, 1.82) is 0 Å². The average Bonchev–Trinajstić information content (AvgIpc) is 3.23. The van der Waals surface area contributed by atoms with E-state index in [1.807, 2.05) is 6.07 Å². The van der Waals surface area contributed by atoms with E-state index in [1.165, 1.54) is 37.0 Å². The third-order valence-electron chi connectivity index (χ3n) is 4.94. The molecule has 0 amide bonds. The molecule has 1 saturated carbocycles. The fourth-order valence-electron chi connectivity index (χ4n) is 3.33. The lowest BCUT2D eigenvalue weighted by Gasteiger charge is -2.19. The highest BCUT2D eigenvalue weighted by Gasteiger charge is 2.46. The van der Waals surface area contributed by atoms with Crippen molar-refractivity contribution in [1.82, 2.24) is 10.6 Å². The molecule has 1 aliphatic heterocycles. The molecule has 1 aliphatic carbocycles. The second-order valence-corrected chi connectivity index (χ2v) is 8.10. The molecule has 1 atom stereocenters. The zero-order valence-electron chi connectivity index (χ0n) is 15.2. The number of rotatable bonds is 7. The van der Waals surface area contributed by atoms with E-state index in [0.717, 1.165) is 36.6 Å². The van der Waals surface area contributed by atoms with Gasteiger partial charge in [0.2, 0.25) is 0 Å². The van der Waals surface area contributed by atoms with Crippen LogP contribution >= 0.6 is 35.7 Å². The molecule has 1 saturated heterocycles. The summed E-state index contributed by atoms with van der Waals surface area (Å²) in [4.78, 5) is 4.89. The van der Waals surface area contributed by atoms with E-state index < -0.39 is 0 Å². The Labute approximate surface area is 173 Å². The fraction of sp³-hybridized carbons (Fsp3) is 0.632. The molecule has 25 heavy (non-hydrogen) atoms. The number of guanidine groups is 1. The Bertz CT molecular complexity index is 572. The van der Waals surface area contributed by atoms with Crippen molar-refractivity contribution in [2.75, 3.05) is 32.5 Å². The molecule has 1 unspecified atom stereocenters. The minimum absolute atomic E-state index is 0. The Morgan fingerprint density at radius 2 is 2.12 bits per heavy atom. The van der Waals surface area contributed by atoms with Crippen LogP contribution in [0.5, 0.6) is 5.75 Å². The number of halogens is 1. The number of methoxy groups -OCH3 is 1. The maximum absolute atomic E-state index is 5.56. The first-order valence-electron chi connectivity index (χ1n) is 9.05. The number of aliphatic imine (C=N–C) groups is 1. The van der Waals surface area contributed by atoms with Crippen LogP contribution in [0.25, 0.3) is 0 Å². The molecule has 6 heteroatoms. The van der Waals surface area contributed by atoms with Crippen LogP contribution in [0.4, 0.5) is 0 Å². The number of benzene rings is 1. The van der Waals surface area contributed by atoms with Crippen LogP contribution in [-0.4, -0.2) is 43.7 Å². The maximum atomic E-state index is 5.56. The lowest BCUT2D eigenvalue weighted by atomic mass is 9.95. The van der Waals surface area contributed by atoms with E-state index in [0.29, 0.717) is 0 Å². The fourth-order valence-corrected chi connectivity index (χ4v) is 4.54. The molecule has 0 spiro atoms. The quantitative estimate of drug-likeness (QED) is 0.358. The highest BCUT2D eigenvalue weighted by Crippen LogP contribution is 2.51. The van der Waals surface area contributed by atoms with Gasteiger partial charge in [0.05, 0.1) is 13.7 Å². The number of thioether (sulfide) groups is 1. The summed E-state index contributed by atoms with van der Waals surface area (Å²) in [5, 5.41) is 7.65. The third kappa shape index (κ3) is 5.42. The summed E-state index contributed by atoms with van der Waals surface area (Å²) in [6, 6.07) is 8.38. The summed E-state index contributed by atoms with van der Waals surface area (Å²) >= 11 is 2.08. The number of ether oxygens (including phenoxy) is 1. The minimum Gasteiger partial charge on any atom is -0.496 e. The van der Waals surface area contributed by atoms with Gasteiger partial charge in [-0.05, 0) is 44.4 Å². The van der Waals surface area contributed by atoms with Crippen LogP contribution in [0.2, 0.25) is 0 Å². The van der Waals surface area contributed by atoms with Gasteiger partial charge in [-0.15, -0.1) is 24.0 Å². The van der Waals surface area contributed by atoms with Crippen molar-refractivity contribution in [3.8, 4) is 5.75 Å². The number of nitrogens with zero attached hydrogens (tertiary/aromatic N) is 1. The SMILES string of the molecule is CCNC(=NCC1(c2ccccc2OC)CC1)NCC1CCCS1.I. The summed E-state index contributed by atoms with van der Waals surface area (Å²) in [6.07, 6.45) is 5.05. The van der Waals surface area contributed by atoms with E-state index in [1.54, 1.807) is 7.11 Å². The van der Waals surface area contributed by atoms with E-state index in [2.05, 4.69) is 47.5 Å². The van der Waals surface area contributed by atoms with Crippen LogP contribution in [0.15, 0.2) is 29.3 Å². The third-order valence-corrected chi connectivity index (χ3v) is 6.34. The van der Waals surface area contributed by atoms with E-state index in [-0.39, 0.29) is 29.4 Å². The van der Waals surface area contributed by atoms with Crippen molar-refractivity contribution >= 4 is 41.7 Å².